The number of ether oxygens (including phenoxy) is 1. The van der Waals surface area contributed by atoms with Crippen LogP contribution in [0.15, 0.2) is 42.5 Å². The van der Waals surface area contributed by atoms with Gasteiger partial charge < -0.3 is 10.5 Å². The number of halogens is 3. The summed E-state index contributed by atoms with van der Waals surface area (Å²) in [5.74, 6) is 0.187. The Hall–Kier alpha value is -2.68. The summed E-state index contributed by atoms with van der Waals surface area (Å²) >= 11 is 0. The first-order chi connectivity index (χ1) is 9.90. The van der Waals surface area contributed by atoms with E-state index in [-0.39, 0.29) is 18.0 Å². The molecule has 0 aromatic heterocycles. The number of rotatable bonds is 3. The summed E-state index contributed by atoms with van der Waals surface area (Å²) in [6.07, 6.45) is -4.43. The summed E-state index contributed by atoms with van der Waals surface area (Å²) in [5.41, 5.74) is 5.98. The van der Waals surface area contributed by atoms with Crippen LogP contribution in [0.1, 0.15) is 16.7 Å². The van der Waals surface area contributed by atoms with Gasteiger partial charge in [0, 0.05) is 0 Å². The molecule has 3 nitrogen and oxygen atoms in total. The number of benzene rings is 2. The number of nitrogen functional groups attached to an aromatic ring is 1. The molecule has 6 heteroatoms. The fraction of sp³-hybridized carbons (Fsp3) is 0.133. The Morgan fingerprint density at radius 1 is 1.10 bits per heavy atom. The number of alkyl halides is 3. The van der Waals surface area contributed by atoms with Crippen LogP contribution in [-0.4, -0.2) is 0 Å². The molecule has 0 bridgehead atoms. The highest BCUT2D eigenvalue weighted by atomic mass is 19.4. The van der Waals surface area contributed by atoms with Crippen LogP contribution in [0.4, 0.5) is 18.9 Å². The molecule has 2 rings (SSSR count). The van der Waals surface area contributed by atoms with Gasteiger partial charge in [-0.25, -0.2) is 0 Å². The Balaban J connectivity index is 2.08. The molecule has 0 amide bonds. The maximum atomic E-state index is 12.5. The van der Waals surface area contributed by atoms with Gasteiger partial charge in [0.1, 0.15) is 12.4 Å². The van der Waals surface area contributed by atoms with Crippen LogP contribution < -0.4 is 10.5 Å². The van der Waals surface area contributed by atoms with Gasteiger partial charge in [-0.15, -0.1) is 0 Å². The van der Waals surface area contributed by atoms with Crippen molar-refractivity contribution in [3.63, 3.8) is 0 Å². The van der Waals surface area contributed by atoms with Crippen molar-refractivity contribution in [1.29, 1.82) is 5.26 Å². The third kappa shape index (κ3) is 3.66. The summed E-state index contributed by atoms with van der Waals surface area (Å²) in [6, 6.07) is 11.6. The van der Waals surface area contributed by atoms with Gasteiger partial charge in [0.25, 0.3) is 0 Å². The minimum absolute atomic E-state index is 0.0709. The Kier molecular flexibility index (Phi) is 4.03. The lowest BCUT2D eigenvalue weighted by Gasteiger charge is -2.12. The summed E-state index contributed by atoms with van der Waals surface area (Å²) in [6.45, 7) is 0.154. The molecule has 0 aliphatic rings. The second-order valence-electron chi connectivity index (χ2n) is 4.35. The van der Waals surface area contributed by atoms with Gasteiger partial charge in [-0.3, -0.25) is 0 Å². The molecular weight excluding hydrogens is 281 g/mol. The van der Waals surface area contributed by atoms with E-state index in [1.54, 1.807) is 24.3 Å². The SMILES string of the molecule is N#Cc1ccc(COc2ccc(C(F)(F)F)cc2N)cc1. The summed E-state index contributed by atoms with van der Waals surface area (Å²) in [4.78, 5) is 0. The highest BCUT2D eigenvalue weighted by molar-refractivity contribution is 5.54. The zero-order valence-electron chi connectivity index (χ0n) is 10.8. The summed E-state index contributed by atoms with van der Waals surface area (Å²) < 4.78 is 42.9. The van der Waals surface area contributed by atoms with Crippen molar-refractivity contribution in [2.45, 2.75) is 12.8 Å². The van der Waals surface area contributed by atoms with Gasteiger partial charge in [-0.1, -0.05) is 12.1 Å². The topological polar surface area (TPSA) is 59.0 Å². The Morgan fingerprint density at radius 2 is 1.76 bits per heavy atom. The molecule has 0 aliphatic carbocycles. The standard InChI is InChI=1S/C15H11F3N2O/c16-15(17,18)12-5-6-14(13(20)7-12)21-9-11-3-1-10(8-19)2-4-11/h1-7H,9,20H2. The van der Waals surface area contributed by atoms with E-state index in [1.165, 1.54) is 6.07 Å². The average Bonchev–Trinajstić information content (AvgIpc) is 2.45. The quantitative estimate of drug-likeness (QED) is 0.877. The third-order valence-corrected chi connectivity index (χ3v) is 2.81. The van der Waals surface area contributed by atoms with Crippen molar-refractivity contribution in [2.24, 2.45) is 0 Å². The highest BCUT2D eigenvalue weighted by Crippen LogP contribution is 2.33. The molecule has 0 saturated carbocycles. The van der Waals surface area contributed by atoms with Gasteiger partial charge in [0.2, 0.25) is 0 Å². The number of nitriles is 1. The van der Waals surface area contributed by atoms with Gasteiger partial charge in [0.05, 0.1) is 22.9 Å². The van der Waals surface area contributed by atoms with Crippen molar-refractivity contribution in [1.82, 2.24) is 0 Å². The van der Waals surface area contributed by atoms with Gasteiger partial charge in [0.15, 0.2) is 0 Å². The van der Waals surface area contributed by atoms with Gasteiger partial charge in [-0.05, 0) is 35.9 Å². The normalized spacial score (nSPS) is 11.0. The van der Waals surface area contributed by atoms with Crippen LogP contribution in [-0.2, 0) is 12.8 Å². The predicted molar refractivity (Wildman–Crippen MR) is 71.3 cm³/mol. The second kappa shape index (κ2) is 5.75. The highest BCUT2D eigenvalue weighted by Gasteiger charge is 2.30. The van der Waals surface area contributed by atoms with E-state index in [0.717, 1.165) is 17.7 Å². The molecule has 0 heterocycles. The van der Waals surface area contributed by atoms with Crippen LogP contribution in [0.3, 0.4) is 0 Å². The molecule has 0 aliphatic heterocycles. The van der Waals surface area contributed by atoms with E-state index < -0.39 is 11.7 Å². The lowest BCUT2D eigenvalue weighted by Crippen LogP contribution is -2.06. The van der Waals surface area contributed by atoms with E-state index in [4.69, 9.17) is 15.7 Å². The summed E-state index contributed by atoms with van der Waals surface area (Å²) in [7, 11) is 0. The Morgan fingerprint density at radius 3 is 2.29 bits per heavy atom. The van der Waals surface area contributed by atoms with Gasteiger partial charge >= 0.3 is 6.18 Å². The van der Waals surface area contributed by atoms with Crippen molar-refractivity contribution < 1.29 is 17.9 Å². The second-order valence-corrected chi connectivity index (χ2v) is 4.35. The molecule has 108 valence electrons. The molecule has 0 saturated heterocycles. The number of nitrogens with zero attached hydrogens (tertiary/aromatic N) is 1. The van der Waals surface area contributed by atoms with Crippen molar-refractivity contribution in [3.8, 4) is 11.8 Å². The van der Waals surface area contributed by atoms with E-state index in [2.05, 4.69) is 0 Å². The molecule has 0 fully saturated rings. The molecule has 2 aromatic carbocycles. The average molecular weight is 292 g/mol. The molecule has 2 aromatic rings. The van der Waals surface area contributed by atoms with Crippen LogP contribution in [0, 0.1) is 11.3 Å². The third-order valence-electron chi connectivity index (χ3n) is 2.81. The smallest absolute Gasteiger partial charge is 0.416 e. The Bertz CT molecular complexity index is 673. The number of hydrogen-bond acceptors (Lipinski definition) is 3. The van der Waals surface area contributed by atoms with Crippen molar-refractivity contribution in [3.05, 3.63) is 59.2 Å². The van der Waals surface area contributed by atoms with Gasteiger partial charge in [-0.2, -0.15) is 18.4 Å². The van der Waals surface area contributed by atoms with Crippen LogP contribution in [0.25, 0.3) is 0 Å². The van der Waals surface area contributed by atoms with E-state index in [0.29, 0.717) is 5.56 Å². The summed E-state index contributed by atoms with van der Waals surface area (Å²) in [5, 5.41) is 8.67. The largest absolute Gasteiger partial charge is 0.487 e. The van der Waals surface area contributed by atoms with E-state index in [1.807, 2.05) is 6.07 Å². The minimum Gasteiger partial charge on any atom is -0.487 e. The monoisotopic (exact) mass is 292 g/mol. The predicted octanol–water partition coefficient (Wildman–Crippen LogP) is 3.74. The van der Waals surface area contributed by atoms with E-state index in [9.17, 15) is 13.2 Å². The molecule has 0 atom stereocenters. The molecular formula is C15H11F3N2O. The lowest BCUT2D eigenvalue weighted by molar-refractivity contribution is -0.137. The number of nitrogens with two attached hydrogens (primary N) is 1. The first-order valence-electron chi connectivity index (χ1n) is 5.98. The maximum absolute atomic E-state index is 12.5. The first kappa shape index (κ1) is 14.7. The number of hydrogen-bond donors (Lipinski definition) is 1. The maximum Gasteiger partial charge on any atom is 0.416 e. The molecule has 21 heavy (non-hydrogen) atoms. The van der Waals surface area contributed by atoms with Crippen LogP contribution in [0.2, 0.25) is 0 Å². The molecule has 2 N–H and O–H groups in total. The zero-order chi connectivity index (χ0) is 15.5. The number of anilines is 1. The molecule has 0 radical (unpaired) electrons. The zero-order valence-corrected chi connectivity index (χ0v) is 10.8. The lowest BCUT2D eigenvalue weighted by atomic mass is 10.1. The first-order valence-corrected chi connectivity index (χ1v) is 5.98. The fourth-order valence-electron chi connectivity index (χ4n) is 1.69. The van der Waals surface area contributed by atoms with Crippen molar-refractivity contribution >= 4 is 5.69 Å². The van der Waals surface area contributed by atoms with Crippen LogP contribution >= 0.6 is 0 Å². The van der Waals surface area contributed by atoms with Crippen LogP contribution in [0.5, 0.6) is 5.75 Å². The molecule has 0 spiro atoms. The fourth-order valence-corrected chi connectivity index (χ4v) is 1.69. The minimum atomic E-state index is -4.43. The molecule has 0 unspecified atom stereocenters. The van der Waals surface area contributed by atoms with Crippen molar-refractivity contribution in [2.75, 3.05) is 5.73 Å². The van der Waals surface area contributed by atoms with E-state index >= 15 is 0 Å². The Labute approximate surface area is 119 Å².